The van der Waals surface area contributed by atoms with E-state index in [2.05, 4.69) is 10.3 Å². The number of nitrogens with zero attached hydrogens (tertiary/aromatic N) is 2. The highest BCUT2D eigenvalue weighted by molar-refractivity contribution is 5.96. The third-order valence-corrected chi connectivity index (χ3v) is 3.93. The molecule has 6 heteroatoms. The molecule has 0 saturated heterocycles. The molecule has 3 N–H and O–H groups in total. The maximum absolute atomic E-state index is 11.0. The predicted octanol–water partition coefficient (Wildman–Crippen LogP) is 2.44. The van der Waals surface area contributed by atoms with E-state index >= 15 is 0 Å². The first-order chi connectivity index (χ1) is 9.59. The topological polar surface area (TPSA) is 94.1 Å². The van der Waals surface area contributed by atoms with Crippen LogP contribution in [0, 0.1) is 10.1 Å². The minimum atomic E-state index is -0.407. The van der Waals surface area contributed by atoms with Gasteiger partial charge in [0.05, 0.1) is 4.92 Å². The lowest BCUT2D eigenvalue weighted by molar-refractivity contribution is -0.383. The van der Waals surface area contributed by atoms with Gasteiger partial charge in [0, 0.05) is 35.4 Å². The van der Waals surface area contributed by atoms with Crippen molar-refractivity contribution in [2.45, 2.75) is 24.8 Å². The van der Waals surface area contributed by atoms with E-state index in [-0.39, 0.29) is 11.2 Å². The quantitative estimate of drug-likeness (QED) is 0.658. The molecule has 1 aliphatic carbocycles. The highest BCUT2D eigenvalue weighted by Gasteiger charge is 2.32. The third-order valence-electron chi connectivity index (χ3n) is 3.93. The van der Waals surface area contributed by atoms with Crippen LogP contribution in [0.3, 0.4) is 0 Å². The zero-order chi connectivity index (χ0) is 14.2. The van der Waals surface area contributed by atoms with Crippen molar-refractivity contribution in [1.29, 1.82) is 0 Å². The third kappa shape index (κ3) is 2.18. The Hall–Kier alpha value is -2.21. The number of nitrogens with one attached hydrogen (secondary N) is 1. The highest BCUT2D eigenvalue weighted by Crippen LogP contribution is 2.32. The first kappa shape index (κ1) is 12.8. The van der Waals surface area contributed by atoms with Gasteiger partial charge in [0.1, 0.15) is 5.52 Å². The van der Waals surface area contributed by atoms with Gasteiger partial charge in [-0.25, -0.2) is 4.98 Å². The van der Waals surface area contributed by atoms with Gasteiger partial charge >= 0.3 is 0 Å². The Morgan fingerprint density at radius 2 is 2.20 bits per heavy atom. The zero-order valence-electron chi connectivity index (χ0n) is 11.0. The smallest absolute Gasteiger partial charge is 0.295 e. The van der Waals surface area contributed by atoms with Crippen LogP contribution in [-0.2, 0) is 0 Å². The highest BCUT2D eigenvalue weighted by atomic mass is 16.6. The lowest BCUT2D eigenvalue weighted by Crippen LogP contribution is -2.51. The first-order valence-electron chi connectivity index (χ1n) is 6.64. The average Bonchev–Trinajstić information content (AvgIpc) is 2.42. The fraction of sp³-hybridized carbons (Fsp3) is 0.357. The van der Waals surface area contributed by atoms with Crippen LogP contribution in [0.4, 0.5) is 11.4 Å². The lowest BCUT2D eigenvalue weighted by atomic mass is 9.78. The Morgan fingerprint density at radius 3 is 2.85 bits per heavy atom. The molecule has 1 aromatic carbocycles. The van der Waals surface area contributed by atoms with E-state index in [1.165, 1.54) is 12.5 Å². The van der Waals surface area contributed by atoms with Gasteiger partial charge in [-0.15, -0.1) is 0 Å². The number of aromatic nitrogens is 1. The fourth-order valence-corrected chi connectivity index (χ4v) is 2.54. The maximum atomic E-state index is 11.0. The summed E-state index contributed by atoms with van der Waals surface area (Å²) in [4.78, 5) is 14.7. The molecule has 0 bridgehead atoms. The van der Waals surface area contributed by atoms with Crippen molar-refractivity contribution in [2.75, 3.05) is 11.9 Å². The molecule has 0 spiro atoms. The summed E-state index contributed by atoms with van der Waals surface area (Å²) in [5.74, 6) is 0. The van der Waals surface area contributed by atoms with E-state index in [0.29, 0.717) is 12.1 Å². The zero-order valence-corrected chi connectivity index (χ0v) is 11.0. The van der Waals surface area contributed by atoms with Gasteiger partial charge in [0.2, 0.25) is 0 Å². The van der Waals surface area contributed by atoms with Gasteiger partial charge in [-0.3, -0.25) is 10.1 Å². The monoisotopic (exact) mass is 272 g/mol. The molecule has 1 fully saturated rings. The number of nitrogens with two attached hydrogens (primary N) is 1. The van der Waals surface area contributed by atoms with E-state index in [4.69, 9.17) is 5.73 Å². The molecule has 2 aromatic rings. The van der Waals surface area contributed by atoms with Gasteiger partial charge in [-0.05, 0) is 37.5 Å². The molecule has 1 saturated carbocycles. The number of fused-ring (bicyclic) bond motifs is 1. The number of non-ortho nitro benzene ring substituents is 1. The number of benzene rings is 1. The van der Waals surface area contributed by atoms with Crippen LogP contribution in [0.1, 0.15) is 19.3 Å². The van der Waals surface area contributed by atoms with E-state index in [1.807, 2.05) is 6.07 Å². The number of anilines is 1. The van der Waals surface area contributed by atoms with Gasteiger partial charge in [0.25, 0.3) is 5.69 Å². The second-order valence-corrected chi connectivity index (χ2v) is 5.36. The number of nitro groups is 1. The summed E-state index contributed by atoms with van der Waals surface area (Å²) in [5, 5.41) is 15.1. The normalized spacial score (nSPS) is 16.6. The Morgan fingerprint density at radius 1 is 1.40 bits per heavy atom. The van der Waals surface area contributed by atoms with Crippen LogP contribution in [0.25, 0.3) is 10.9 Å². The molecular weight excluding hydrogens is 256 g/mol. The van der Waals surface area contributed by atoms with Crippen molar-refractivity contribution in [3.8, 4) is 0 Å². The number of hydrogen-bond acceptors (Lipinski definition) is 5. The summed E-state index contributed by atoms with van der Waals surface area (Å²) in [7, 11) is 0. The van der Waals surface area contributed by atoms with Crippen molar-refractivity contribution >= 4 is 22.3 Å². The maximum Gasteiger partial charge on any atom is 0.295 e. The largest absolute Gasteiger partial charge is 0.383 e. The van der Waals surface area contributed by atoms with Crippen LogP contribution in [0.5, 0.6) is 0 Å². The van der Waals surface area contributed by atoms with Crippen LogP contribution in [-0.4, -0.2) is 22.0 Å². The fourth-order valence-electron chi connectivity index (χ4n) is 2.54. The minimum Gasteiger partial charge on any atom is -0.383 e. The number of nitro benzene ring substituents is 1. The molecule has 1 heterocycles. The average molecular weight is 272 g/mol. The summed E-state index contributed by atoms with van der Waals surface area (Å²) in [6.07, 6.45) is 4.77. The SMILES string of the molecule is NC1(CNc2ccc([N+](=O)[O-])c3ncccc23)CCC1. The van der Waals surface area contributed by atoms with Crippen LogP contribution in [0.2, 0.25) is 0 Å². The summed E-state index contributed by atoms with van der Waals surface area (Å²) in [6, 6.07) is 6.83. The van der Waals surface area contributed by atoms with Crippen LogP contribution < -0.4 is 11.1 Å². The lowest BCUT2D eigenvalue weighted by Gasteiger charge is -2.38. The van der Waals surface area contributed by atoms with E-state index in [9.17, 15) is 10.1 Å². The van der Waals surface area contributed by atoms with Gasteiger partial charge in [0.15, 0.2) is 0 Å². The molecule has 6 nitrogen and oxygen atoms in total. The van der Waals surface area contributed by atoms with Crippen molar-refractivity contribution in [3.63, 3.8) is 0 Å². The Bertz CT molecular complexity index is 667. The second-order valence-electron chi connectivity index (χ2n) is 5.36. The number of pyridine rings is 1. The van der Waals surface area contributed by atoms with Crippen LogP contribution >= 0.6 is 0 Å². The van der Waals surface area contributed by atoms with Crippen LogP contribution in [0.15, 0.2) is 30.5 Å². The molecule has 1 aromatic heterocycles. The second kappa shape index (κ2) is 4.72. The summed E-state index contributed by atoms with van der Waals surface area (Å²) in [6.45, 7) is 0.675. The molecule has 20 heavy (non-hydrogen) atoms. The molecule has 0 radical (unpaired) electrons. The van der Waals surface area contributed by atoms with E-state index in [1.54, 1.807) is 18.3 Å². The van der Waals surface area contributed by atoms with Gasteiger partial charge < -0.3 is 11.1 Å². The minimum absolute atomic E-state index is 0.0252. The summed E-state index contributed by atoms with van der Waals surface area (Å²) >= 11 is 0. The molecular formula is C14H16N4O2. The standard InChI is InChI=1S/C14H16N4O2/c15-14(6-2-7-14)9-17-11-4-5-12(18(19)20)13-10(11)3-1-8-16-13/h1,3-5,8,17H,2,6-7,9,15H2. The summed E-state index contributed by atoms with van der Waals surface area (Å²) in [5.41, 5.74) is 7.32. The van der Waals surface area contributed by atoms with Gasteiger partial charge in [-0.1, -0.05) is 0 Å². The molecule has 1 aliphatic rings. The number of hydrogen-bond donors (Lipinski definition) is 2. The molecule has 0 atom stereocenters. The Labute approximate surface area is 116 Å². The Balaban J connectivity index is 1.95. The molecule has 0 aliphatic heterocycles. The van der Waals surface area contributed by atoms with Crippen molar-refractivity contribution in [1.82, 2.24) is 4.98 Å². The van der Waals surface area contributed by atoms with Crippen molar-refractivity contribution < 1.29 is 4.92 Å². The predicted molar refractivity (Wildman–Crippen MR) is 77.7 cm³/mol. The van der Waals surface area contributed by atoms with E-state index < -0.39 is 4.92 Å². The Kier molecular flexibility index (Phi) is 3.02. The summed E-state index contributed by atoms with van der Waals surface area (Å²) < 4.78 is 0. The van der Waals surface area contributed by atoms with Crippen molar-refractivity contribution in [3.05, 3.63) is 40.6 Å². The first-order valence-corrected chi connectivity index (χ1v) is 6.64. The molecule has 0 amide bonds. The number of rotatable bonds is 4. The van der Waals surface area contributed by atoms with Gasteiger partial charge in [-0.2, -0.15) is 0 Å². The van der Waals surface area contributed by atoms with Crippen molar-refractivity contribution in [2.24, 2.45) is 5.73 Å². The molecule has 104 valence electrons. The molecule has 3 rings (SSSR count). The van der Waals surface area contributed by atoms with E-state index in [0.717, 1.165) is 23.9 Å². The molecule has 0 unspecified atom stereocenters.